The number of hydrogen-bond donors (Lipinski definition) is 2. The molecule has 0 aliphatic carbocycles. The molecular formula is C12H12ClN3O3. The van der Waals surface area contributed by atoms with Crippen LogP contribution in [0.5, 0.6) is 0 Å². The zero-order chi connectivity index (χ0) is 13.8. The van der Waals surface area contributed by atoms with E-state index >= 15 is 0 Å². The minimum Gasteiger partial charge on any atom is -0.387 e. The van der Waals surface area contributed by atoms with Crippen molar-refractivity contribution < 1.29 is 14.4 Å². The zero-order valence-corrected chi connectivity index (χ0v) is 10.9. The first-order valence-electron chi connectivity index (χ1n) is 5.59. The van der Waals surface area contributed by atoms with Crippen LogP contribution < -0.4 is 5.32 Å². The molecule has 0 aliphatic heterocycles. The van der Waals surface area contributed by atoms with Crippen molar-refractivity contribution in [2.24, 2.45) is 0 Å². The summed E-state index contributed by atoms with van der Waals surface area (Å²) < 4.78 is 4.69. The van der Waals surface area contributed by atoms with E-state index in [1.54, 1.807) is 31.2 Å². The zero-order valence-electron chi connectivity index (χ0n) is 10.1. The number of rotatable bonds is 4. The number of amides is 1. The monoisotopic (exact) mass is 281 g/mol. The van der Waals surface area contributed by atoms with Gasteiger partial charge in [-0.15, -0.1) is 0 Å². The SMILES string of the molecule is Cc1nc(C(=O)NCC(O)c2ccccc2Cl)no1. The second-order valence-corrected chi connectivity index (χ2v) is 4.29. The Morgan fingerprint density at radius 3 is 2.89 bits per heavy atom. The number of benzene rings is 1. The molecule has 2 rings (SSSR count). The summed E-state index contributed by atoms with van der Waals surface area (Å²) in [6.07, 6.45) is -0.898. The van der Waals surface area contributed by atoms with E-state index in [2.05, 4.69) is 15.5 Å². The number of carbonyl (C=O) groups is 1. The van der Waals surface area contributed by atoms with Crippen molar-refractivity contribution in [1.29, 1.82) is 0 Å². The molecular weight excluding hydrogens is 270 g/mol. The Labute approximate surface area is 114 Å². The molecule has 1 atom stereocenters. The van der Waals surface area contributed by atoms with Crippen LogP contribution in [0.1, 0.15) is 28.2 Å². The van der Waals surface area contributed by atoms with Gasteiger partial charge in [0.15, 0.2) is 0 Å². The summed E-state index contributed by atoms with van der Waals surface area (Å²) in [6, 6.07) is 6.89. The van der Waals surface area contributed by atoms with Crippen molar-refractivity contribution in [3.63, 3.8) is 0 Å². The minimum absolute atomic E-state index is 0.0101. The van der Waals surface area contributed by atoms with Crippen LogP contribution in [0.3, 0.4) is 0 Å². The number of carbonyl (C=O) groups excluding carboxylic acids is 1. The van der Waals surface area contributed by atoms with Crippen molar-refractivity contribution in [3.8, 4) is 0 Å². The quantitative estimate of drug-likeness (QED) is 0.886. The largest absolute Gasteiger partial charge is 0.387 e. The molecule has 0 spiro atoms. The highest BCUT2D eigenvalue weighted by Crippen LogP contribution is 2.21. The van der Waals surface area contributed by atoms with Crippen LogP contribution in [0.15, 0.2) is 28.8 Å². The van der Waals surface area contributed by atoms with Crippen molar-refractivity contribution in [1.82, 2.24) is 15.5 Å². The van der Waals surface area contributed by atoms with Crippen molar-refractivity contribution in [2.75, 3.05) is 6.54 Å². The number of hydrogen-bond acceptors (Lipinski definition) is 5. The summed E-state index contributed by atoms with van der Waals surface area (Å²) >= 11 is 5.94. The molecule has 19 heavy (non-hydrogen) atoms. The predicted octanol–water partition coefficient (Wildman–Crippen LogP) is 1.49. The van der Waals surface area contributed by atoms with E-state index in [1.807, 2.05) is 0 Å². The summed E-state index contributed by atoms with van der Waals surface area (Å²) in [5, 5.41) is 16.4. The standard InChI is InChI=1S/C12H12ClN3O3/c1-7-15-11(16-19-7)12(18)14-6-10(17)8-4-2-3-5-9(8)13/h2-5,10,17H,6H2,1H3,(H,14,18). The van der Waals surface area contributed by atoms with Gasteiger partial charge >= 0.3 is 0 Å². The lowest BCUT2D eigenvalue weighted by Gasteiger charge is -2.12. The average Bonchev–Trinajstić information content (AvgIpc) is 2.83. The fourth-order valence-corrected chi connectivity index (χ4v) is 1.78. The second kappa shape index (κ2) is 5.81. The van der Waals surface area contributed by atoms with Crippen molar-refractivity contribution >= 4 is 17.5 Å². The molecule has 2 aromatic rings. The first-order valence-corrected chi connectivity index (χ1v) is 5.96. The number of aryl methyl sites for hydroxylation is 1. The summed E-state index contributed by atoms with van der Waals surface area (Å²) in [5.41, 5.74) is 0.550. The summed E-state index contributed by atoms with van der Waals surface area (Å²) in [6.45, 7) is 1.60. The van der Waals surface area contributed by atoms with Crippen molar-refractivity contribution in [2.45, 2.75) is 13.0 Å². The lowest BCUT2D eigenvalue weighted by Crippen LogP contribution is -2.29. The highest BCUT2D eigenvalue weighted by atomic mass is 35.5. The highest BCUT2D eigenvalue weighted by molar-refractivity contribution is 6.31. The molecule has 0 aliphatic rings. The molecule has 6 nitrogen and oxygen atoms in total. The van der Waals surface area contributed by atoms with E-state index in [0.29, 0.717) is 16.5 Å². The van der Waals surface area contributed by atoms with Gasteiger partial charge in [-0.2, -0.15) is 4.98 Å². The third-order valence-electron chi connectivity index (χ3n) is 2.45. The molecule has 2 N–H and O–H groups in total. The van der Waals surface area contributed by atoms with Crippen LogP contribution in [-0.4, -0.2) is 27.7 Å². The van der Waals surface area contributed by atoms with E-state index in [-0.39, 0.29) is 12.4 Å². The number of nitrogens with zero attached hydrogens (tertiary/aromatic N) is 2. The molecule has 1 unspecified atom stereocenters. The molecule has 100 valence electrons. The molecule has 0 bridgehead atoms. The number of aliphatic hydroxyl groups excluding tert-OH is 1. The molecule has 0 saturated carbocycles. The molecule has 1 aromatic heterocycles. The first-order chi connectivity index (χ1) is 9.08. The highest BCUT2D eigenvalue weighted by Gasteiger charge is 2.16. The molecule has 7 heteroatoms. The van der Waals surface area contributed by atoms with E-state index < -0.39 is 12.0 Å². The Morgan fingerprint density at radius 1 is 1.53 bits per heavy atom. The van der Waals surface area contributed by atoms with Crippen LogP contribution in [0.25, 0.3) is 0 Å². The summed E-state index contributed by atoms with van der Waals surface area (Å²) in [5.74, 6) is -0.274. The van der Waals surface area contributed by atoms with E-state index in [4.69, 9.17) is 16.1 Å². The van der Waals surface area contributed by atoms with Gasteiger partial charge in [-0.3, -0.25) is 4.79 Å². The maximum atomic E-state index is 11.6. The predicted molar refractivity (Wildman–Crippen MR) is 67.8 cm³/mol. The molecule has 0 radical (unpaired) electrons. The maximum Gasteiger partial charge on any atom is 0.292 e. The van der Waals surface area contributed by atoms with Gasteiger partial charge in [0.1, 0.15) is 0 Å². The molecule has 0 saturated heterocycles. The van der Waals surface area contributed by atoms with Crippen LogP contribution in [0, 0.1) is 6.92 Å². The average molecular weight is 282 g/mol. The van der Waals surface area contributed by atoms with Gasteiger partial charge < -0.3 is 14.9 Å². The van der Waals surface area contributed by atoms with Gasteiger partial charge in [0.25, 0.3) is 11.7 Å². The van der Waals surface area contributed by atoms with Crippen molar-refractivity contribution in [3.05, 3.63) is 46.6 Å². The number of nitrogens with one attached hydrogen (secondary N) is 1. The Morgan fingerprint density at radius 2 is 2.26 bits per heavy atom. The Bertz CT molecular complexity index is 585. The van der Waals surface area contributed by atoms with E-state index in [9.17, 15) is 9.90 Å². The van der Waals surface area contributed by atoms with Crippen LogP contribution in [-0.2, 0) is 0 Å². The van der Waals surface area contributed by atoms with E-state index in [0.717, 1.165) is 0 Å². The van der Waals surface area contributed by atoms with Gasteiger partial charge in [0.2, 0.25) is 5.89 Å². The minimum atomic E-state index is -0.898. The van der Waals surface area contributed by atoms with Gasteiger partial charge in [-0.25, -0.2) is 0 Å². The molecule has 1 aromatic carbocycles. The summed E-state index contributed by atoms with van der Waals surface area (Å²) in [4.78, 5) is 15.4. The Kier molecular flexibility index (Phi) is 4.13. The third kappa shape index (κ3) is 3.30. The van der Waals surface area contributed by atoms with Crippen LogP contribution in [0.4, 0.5) is 0 Å². The van der Waals surface area contributed by atoms with Gasteiger partial charge in [-0.05, 0) is 6.07 Å². The van der Waals surface area contributed by atoms with Crippen LogP contribution >= 0.6 is 11.6 Å². The number of aliphatic hydroxyl groups is 1. The molecule has 1 amide bonds. The van der Waals surface area contributed by atoms with Gasteiger partial charge in [0, 0.05) is 24.1 Å². The second-order valence-electron chi connectivity index (χ2n) is 3.88. The summed E-state index contributed by atoms with van der Waals surface area (Å²) in [7, 11) is 0. The lowest BCUT2D eigenvalue weighted by molar-refractivity contribution is 0.0903. The number of halogens is 1. The number of aromatic nitrogens is 2. The van der Waals surface area contributed by atoms with E-state index in [1.165, 1.54) is 0 Å². The third-order valence-corrected chi connectivity index (χ3v) is 2.80. The molecule has 0 fully saturated rings. The van der Waals surface area contributed by atoms with Gasteiger partial charge in [-0.1, -0.05) is 35.0 Å². The Balaban J connectivity index is 1.96. The first kappa shape index (κ1) is 13.5. The maximum absolute atomic E-state index is 11.6. The lowest BCUT2D eigenvalue weighted by atomic mass is 10.1. The van der Waals surface area contributed by atoms with Gasteiger partial charge in [0.05, 0.1) is 6.10 Å². The Hall–Kier alpha value is -1.92. The normalized spacial score (nSPS) is 12.2. The topological polar surface area (TPSA) is 88.2 Å². The fourth-order valence-electron chi connectivity index (χ4n) is 1.52. The smallest absolute Gasteiger partial charge is 0.292 e. The fraction of sp³-hybridized carbons (Fsp3) is 0.250. The van der Waals surface area contributed by atoms with Crippen LogP contribution in [0.2, 0.25) is 5.02 Å². The molecule has 1 heterocycles.